The van der Waals surface area contributed by atoms with Gasteiger partial charge in [0.15, 0.2) is 0 Å². The van der Waals surface area contributed by atoms with E-state index in [0.717, 1.165) is 28.3 Å². The molecule has 1 aromatic carbocycles. The lowest BCUT2D eigenvalue weighted by molar-refractivity contribution is 0.416. The number of nitrogens with two attached hydrogens (primary N) is 1. The van der Waals surface area contributed by atoms with Crippen LogP contribution in [-0.4, -0.2) is 17.1 Å². The third kappa shape index (κ3) is 2.09. The molecule has 4 N–H and O–H groups in total. The van der Waals surface area contributed by atoms with Gasteiger partial charge in [-0.05, 0) is 26.0 Å². The summed E-state index contributed by atoms with van der Waals surface area (Å²) in [6.45, 7) is 3.98. The molecule has 0 aliphatic heterocycles. The molecule has 17 heavy (non-hydrogen) atoms. The third-order valence-electron chi connectivity index (χ3n) is 2.63. The summed E-state index contributed by atoms with van der Waals surface area (Å²) in [7, 11) is 1.65. The topological polar surface area (TPSA) is 76.0 Å². The van der Waals surface area contributed by atoms with Gasteiger partial charge in [-0.3, -0.25) is 5.43 Å². The number of aromatic nitrogens is 2. The van der Waals surface area contributed by atoms with Gasteiger partial charge < -0.3 is 9.72 Å². The minimum atomic E-state index is 0.543. The average Bonchev–Trinajstić information content (AvgIpc) is 2.70. The second-order valence-corrected chi connectivity index (χ2v) is 3.91. The summed E-state index contributed by atoms with van der Waals surface area (Å²) < 4.78 is 5.35. The molecular formula is C12H16N4O. The molecule has 0 fully saturated rings. The Morgan fingerprint density at radius 2 is 2.12 bits per heavy atom. The van der Waals surface area contributed by atoms with Crippen molar-refractivity contribution in [3.63, 3.8) is 0 Å². The first-order chi connectivity index (χ1) is 8.15. The van der Waals surface area contributed by atoms with Gasteiger partial charge in [0.2, 0.25) is 5.95 Å². The van der Waals surface area contributed by atoms with Crippen molar-refractivity contribution in [2.24, 2.45) is 5.84 Å². The number of nitrogen functional groups attached to an aromatic ring is 1. The number of ether oxygens (including phenoxy) is 1. The zero-order chi connectivity index (χ0) is 12.4. The number of nitrogens with one attached hydrogen (secondary N) is 2. The highest BCUT2D eigenvalue weighted by Crippen LogP contribution is 2.32. The lowest BCUT2D eigenvalue weighted by Crippen LogP contribution is -2.07. The van der Waals surface area contributed by atoms with Crippen LogP contribution in [0.2, 0.25) is 0 Å². The number of benzene rings is 1. The molecule has 2 aromatic rings. The van der Waals surface area contributed by atoms with Gasteiger partial charge in [0.25, 0.3) is 0 Å². The summed E-state index contributed by atoms with van der Waals surface area (Å²) in [5, 5.41) is 0. The number of H-pyrrole nitrogens is 1. The molecule has 90 valence electrons. The first-order valence-corrected chi connectivity index (χ1v) is 5.34. The van der Waals surface area contributed by atoms with E-state index < -0.39 is 0 Å². The van der Waals surface area contributed by atoms with Crippen molar-refractivity contribution < 1.29 is 4.74 Å². The second-order valence-electron chi connectivity index (χ2n) is 3.91. The Kier molecular flexibility index (Phi) is 3.01. The molecule has 5 nitrogen and oxygen atoms in total. The van der Waals surface area contributed by atoms with E-state index in [-0.39, 0.29) is 0 Å². The van der Waals surface area contributed by atoms with Crippen molar-refractivity contribution in [2.45, 2.75) is 13.8 Å². The molecule has 2 rings (SSSR count). The van der Waals surface area contributed by atoms with Crippen LogP contribution in [0.25, 0.3) is 11.3 Å². The minimum absolute atomic E-state index is 0.543. The van der Waals surface area contributed by atoms with Crippen LogP contribution in [-0.2, 0) is 0 Å². The highest BCUT2D eigenvalue weighted by Gasteiger charge is 2.13. The molecule has 0 spiro atoms. The maximum Gasteiger partial charge on any atom is 0.215 e. The summed E-state index contributed by atoms with van der Waals surface area (Å²) in [5.74, 6) is 6.68. The van der Waals surface area contributed by atoms with E-state index in [2.05, 4.69) is 15.4 Å². The molecule has 0 amide bonds. The van der Waals surface area contributed by atoms with E-state index in [0.29, 0.717) is 5.95 Å². The van der Waals surface area contributed by atoms with Crippen LogP contribution in [0.1, 0.15) is 11.3 Å². The molecule has 0 saturated carbocycles. The van der Waals surface area contributed by atoms with Gasteiger partial charge in [0.05, 0.1) is 12.8 Å². The second kappa shape index (κ2) is 4.47. The lowest BCUT2D eigenvalue weighted by Gasteiger charge is -2.07. The zero-order valence-electron chi connectivity index (χ0n) is 10.2. The molecule has 0 saturated heterocycles. The van der Waals surface area contributed by atoms with E-state index in [4.69, 9.17) is 10.6 Å². The maximum absolute atomic E-state index is 5.35. The summed E-state index contributed by atoms with van der Waals surface area (Å²) in [5.41, 5.74) is 6.41. The van der Waals surface area contributed by atoms with Crippen LogP contribution in [0.5, 0.6) is 5.75 Å². The van der Waals surface area contributed by atoms with Crippen LogP contribution >= 0.6 is 0 Å². The molecule has 0 aliphatic carbocycles. The number of anilines is 1. The van der Waals surface area contributed by atoms with Crippen molar-refractivity contribution in [2.75, 3.05) is 12.5 Å². The van der Waals surface area contributed by atoms with E-state index in [1.165, 1.54) is 0 Å². The standard InChI is InChI=1S/C12H16N4O/c1-7-4-5-10(17-3)9(6-7)11-8(2)14-12(15-11)16-13/h4-6H,13H2,1-3H3,(H2,14,15,16). The monoisotopic (exact) mass is 232 g/mol. The van der Waals surface area contributed by atoms with Gasteiger partial charge in [-0.25, -0.2) is 10.8 Å². The number of methoxy groups -OCH3 is 1. The first kappa shape index (κ1) is 11.5. The van der Waals surface area contributed by atoms with Gasteiger partial charge in [0, 0.05) is 11.3 Å². The highest BCUT2D eigenvalue weighted by molar-refractivity contribution is 5.71. The van der Waals surface area contributed by atoms with Gasteiger partial charge in [-0.15, -0.1) is 0 Å². The fraction of sp³-hybridized carbons (Fsp3) is 0.250. The van der Waals surface area contributed by atoms with Crippen LogP contribution in [0.4, 0.5) is 5.95 Å². The molecule has 1 heterocycles. The van der Waals surface area contributed by atoms with Crippen LogP contribution in [0.15, 0.2) is 18.2 Å². The van der Waals surface area contributed by atoms with E-state index in [1.54, 1.807) is 7.11 Å². The number of imidazole rings is 1. The number of hydrogen-bond donors (Lipinski definition) is 3. The Morgan fingerprint density at radius 1 is 1.35 bits per heavy atom. The third-order valence-corrected chi connectivity index (χ3v) is 2.63. The number of aryl methyl sites for hydroxylation is 2. The van der Waals surface area contributed by atoms with Crippen LogP contribution in [0, 0.1) is 13.8 Å². The average molecular weight is 232 g/mol. The first-order valence-electron chi connectivity index (χ1n) is 5.34. The van der Waals surface area contributed by atoms with Crippen molar-refractivity contribution in [1.82, 2.24) is 9.97 Å². The van der Waals surface area contributed by atoms with Crippen molar-refractivity contribution in [3.05, 3.63) is 29.5 Å². The Bertz CT molecular complexity index is 533. The summed E-state index contributed by atoms with van der Waals surface area (Å²) in [4.78, 5) is 7.44. The van der Waals surface area contributed by atoms with Crippen LogP contribution < -0.4 is 16.0 Å². The Balaban J connectivity index is 2.58. The van der Waals surface area contributed by atoms with Crippen LogP contribution in [0.3, 0.4) is 0 Å². The van der Waals surface area contributed by atoms with E-state index >= 15 is 0 Å². The van der Waals surface area contributed by atoms with Crippen molar-refractivity contribution >= 4 is 5.95 Å². The zero-order valence-corrected chi connectivity index (χ0v) is 10.2. The summed E-state index contributed by atoms with van der Waals surface area (Å²) in [6.07, 6.45) is 0. The Morgan fingerprint density at radius 3 is 2.71 bits per heavy atom. The summed E-state index contributed by atoms with van der Waals surface area (Å²) >= 11 is 0. The van der Waals surface area contributed by atoms with E-state index in [1.807, 2.05) is 32.0 Å². The molecule has 5 heteroatoms. The van der Waals surface area contributed by atoms with Crippen molar-refractivity contribution in [3.8, 4) is 17.0 Å². The number of nitrogens with zero attached hydrogens (tertiary/aromatic N) is 1. The molecule has 0 unspecified atom stereocenters. The van der Waals surface area contributed by atoms with Gasteiger partial charge in [-0.1, -0.05) is 11.6 Å². The quantitative estimate of drug-likeness (QED) is 0.558. The van der Waals surface area contributed by atoms with Gasteiger partial charge in [-0.2, -0.15) is 0 Å². The Hall–Kier alpha value is -2.01. The highest BCUT2D eigenvalue weighted by atomic mass is 16.5. The van der Waals surface area contributed by atoms with E-state index in [9.17, 15) is 0 Å². The smallest absolute Gasteiger partial charge is 0.215 e. The van der Waals surface area contributed by atoms with Gasteiger partial charge >= 0.3 is 0 Å². The maximum atomic E-state index is 5.35. The molecular weight excluding hydrogens is 216 g/mol. The van der Waals surface area contributed by atoms with Crippen molar-refractivity contribution in [1.29, 1.82) is 0 Å². The number of hydrazine groups is 1. The summed E-state index contributed by atoms with van der Waals surface area (Å²) in [6, 6.07) is 5.99. The predicted molar refractivity (Wildman–Crippen MR) is 67.9 cm³/mol. The number of hydrogen-bond acceptors (Lipinski definition) is 4. The fourth-order valence-electron chi connectivity index (χ4n) is 1.80. The molecule has 0 atom stereocenters. The molecule has 1 aromatic heterocycles. The predicted octanol–water partition coefficient (Wildman–Crippen LogP) is 1.99. The number of rotatable bonds is 3. The molecule has 0 radical (unpaired) electrons. The lowest BCUT2D eigenvalue weighted by atomic mass is 10.1. The molecule has 0 bridgehead atoms. The minimum Gasteiger partial charge on any atom is -0.496 e. The number of aromatic amines is 1. The normalized spacial score (nSPS) is 10.4. The van der Waals surface area contributed by atoms with Gasteiger partial charge in [0.1, 0.15) is 5.75 Å². The SMILES string of the molecule is COc1ccc(C)cc1-c1nc(NN)[nH]c1C. The largest absolute Gasteiger partial charge is 0.496 e. The fourth-order valence-corrected chi connectivity index (χ4v) is 1.80. The Labute approximate surface area is 100.0 Å². The molecule has 0 aliphatic rings.